The molecule has 2 heterocycles. The van der Waals surface area contributed by atoms with Crippen LogP contribution in [0.15, 0.2) is 53.5 Å². The van der Waals surface area contributed by atoms with Gasteiger partial charge in [0.2, 0.25) is 0 Å². The third-order valence-corrected chi connectivity index (χ3v) is 5.08. The zero-order chi connectivity index (χ0) is 17.2. The summed E-state index contributed by atoms with van der Waals surface area (Å²) in [4.78, 5) is 19.0. The highest BCUT2D eigenvalue weighted by molar-refractivity contribution is 6.21. The molecule has 1 atom stereocenters. The van der Waals surface area contributed by atoms with Gasteiger partial charge in [-0.1, -0.05) is 42.8 Å². The molecule has 1 fully saturated rings. The number of hydrogen-bond acceptors (Lipinski definition) is 4. The molecule has 1 saturated heterocycles. The second-order valence-corrected chi connectivity index (χ2v) is 6.88. The Kier molecular flexibility index (Phi) is 4.36. The fourth-order valence-electron chi connectivity index (χ4n) is 3.74. The number of aliphatic imine (C=N–C) groups is 1. The van der Waals surface area contributed by atoms with E-state index in [1.807, 2.05) is 24.3 Å². The first-order valence-electron chi connectivity index (χ1n) is 9.00. The molecule has 1 unspecified atom stereocenters. The Balaban J connectivity index is 1.61. The third kappa shape index (κ3) is 3.22. The summed E-state index contributed by atoms with van der Waals surface area (Å²) in [5, 5.41) is 0. The number of hydrogen-bond donors (Lipinski definition) is 1. The van der Waals surface area contributed by atoms with E-state index >= 15 is 0 Å². The van der Waals surface area contributed by atoms with Crippen LogP contribution in [0.5, 0.6) is 0 Å². The van der Waals surface area contributed by atoms with Crippen molar-refractivity contribution in [3.63, 3.8) is 0 Å². The van der Waals surface area contributed by atoms with Gasteiger partial charge in [-0.15, -0.1) is 0 Å². The summed E-state index contributed by atoms with van der Waals surface area (Å²) in [7, 11) is 0. The Labute approximate surface area is 148 Å². The van der Waals surface area contributed by atoms with Gasteiger partial charge in [0.05, 0.1) is 5.71 Å². The minimum atomic E-state index is 0.0922. The maximum Gasteiger partial charge on any atom is 0.184 e. The standard InChI is InChI=1S/C21H23N3O/c22-16-5-3-4-12-24(14-16)17-10-8-15(9-11-17)21-19-7-2-1-6-18(19)20(25)13-23-21/h1-2,6-11,16H,3-5,12-14,22H2. The number of benzene rings is 2. The summed E-state index contributed by atoms with van der Waals surface area (Å²) in [6, 6.07) is 16.5. The van der Waals surface area contributed by atoms with Crippen LogP contribution in [-0.2, 0) is 0 Å². The molecule has 2 aliphatic heterocycles. The Morgan fingerprint density at radius 2 is 1.76 bits per heavy atom. The van der Waals surface area contributed by atoms with E-state index in [-0.39, 0.29) is 18.4 Å². The second-order valence-electron chi connectivity index (χ2n) is 6.88. The molecule has 4 rings (SSSR count). The lowest BCUT2D eigenvalue weighted by Crippen LogP contribution is -2.35. The number of nitrogens with zero attached hydrogens (tertiary/aromatic N) is 2. The first-order valence-corrected chi connectivity index (χ1v) is 9.00. The van der Waals surface area contributed by atoms with Gasteiger partial charge in [0.25, 0.3) is 0 Å². The monoisotopic (exact) mass is 333 g/mol. The average Bonchev–Trinajstić information content (AvgIpc) is 2.87. The summed E-state index contributed by atoms with van der Waals surface area (Å²) >= 11 is 0. The van der Waals surface area contributed by atoms with Crippen LogP contribution in [0.4, 0.5) is 5.69 Å². The number of fused-ring (bicyclic) bond motifs is 1. The van der Waals surface area contributed by atoms with Gasteiger partial charge in [-0.3, -0.25) is 9.79 Å². The van der Waals surface area contributed by atoms with Crippen LogP contribution in [0.1, 0.15) is 40.7 Å². The fourth-order valence-corrected chi connectivity index (χ4v) is 3.74. The molecule has 2 N–H and O–H groups in total. The number of rotatable bonds is 2. The molecule has 4 nitrogen and oxygen atoms in total. The van der Waals surface area contributed by atoms with Gasteiger partial charge in [0.15, 0.2) is 5.78 Å². The van der Waals surface area contributed by atoms with Gasteiger partial charge in [-0.05, 0) is 25.0 Å². The fraction of sp³-hybridized carbons (Fsp3) is 0.333. The van der Waals surface area contributed by atoms with Crippen molar-refractivity contribution < 1.29 is 4.79 Å². The molecule has 0 spiro atoms. The lowest BCUT2D eigenvalue weighted by molar-refractivity contribution is 0.1000. The molecule has 2 aliphatic rings. The molecule has 25 heavy (non-hydrogen) atoms. The predicted octanol–water partition coefficient (Wildman–Crippen LogP) is 3.04. The highest BCUT2D eigenvalue weighted by Gasteiger charge is 2.21. The van der Waals surface area contributed by atoms with E-state index in [2.05, 4.69) is 34.2 Å². The van der Waals surface area contributed by atoms with Gasteiger partial charge < -0.3 is 10.6 Å². The summed E-state index contributed by atoms with van der Waals surface area (Å²) in [5.74, 6) is 0.0922. The molecule has 2 aromatic rings. The van der Waals surface area contributed by atoms with Crippen molar-refractivity contribution >= 4 is 17.2 Å². The zero-order valence-electron chi connectivity index (χ0n) is 14.3. The molecular weight excluding hydrogens is 310 g/mol. The highest BCUT2D eigenvalue weighted by Crippen LogP contribution is 2.24. The summed E-state index contributed by atoms with van der Waals surface area (Å²) in [6.07, 6.45) is 3.51. The second kappa shape index (κ2) is 6.81. The van der Waals surface area contributed by atoms with Crippen LogP contribution < -0.4 is 10.6 Å². The van der Waals surface area contributed by atoms with Crippen molar-refractivity contribution in [1.82, 2.24) is 0 Å². The van der Waals surface area contributed by atoms with E-state index in [0.29, 0.717) is 0 Å². The highest BCUT2D eigenvalue weighted by atomic mass is 16.1. The number of carbonyl (C=O) groups excluding carboxylic acids is 1. The molecule has 0 aliphatic carbocycles. The third-order valence-electron chi connectivity index (χ3n) is 5.08. The topological polar surface area (TPSA) is 58.7 Å². The van der Waals surface area contributed by atoms with Crippen molar-refractivity contribution in [3.8, 4) is 0 Å². The molecule has 0 aromatic heterocycles. The van der Waals surface area contributed by atoms with E-state index in [9.17, 15) is 4.79 Å². The lowest BCUT2D eigenvalue weighted by atomic mass is 9.92. The summed E-state index contributed by atoms with van der Waals surface area (Å²) < 4.78 is 0. The zero-order valence-corrected chi connectivity index (χ0v) is 14.3. The molecule has 0 radical (unpaired) electrons. The van der Waals surface area contributed by atoms with Crippen molar-refractivity contribution in [2.24, 2.45) is 10.7 Å². The quantitative estimate of drug-likeness (QED) is 0.919. The van der Waals surface area contributed by atoms with E-state index < -0.39 is 0 Å². The first kappa shape index (κ1) is 16.0. The Morgan fingerprint density at radius 1 is 1.00 bits per heavy atom. The van der Waals surface area contributed by atoms with Crippen molar-refractivity contribution in [2.75, 3.05) is 24.5 Å². The Morgan fingerprint density at radius 3 is 2.56 bits per heavy atom. The first-order chi connectivity index (χ1) is 12.2. The van der Waals surface area contributed by atoms with Crippen LogP contribution in [0.25, 0.3) is 0 Å². The van der Waals surface area contributed by atoms with E-state index in [1.54, 1.807) is 0 Å². The van der Waals surface area contributed by atoms with Crippen molar-refractivity contribution in [1.29, 1.82) is 0 Å². The molecule has 4 heteroatoms. The Bertz CT molecular complexity index is 810. The minimum Gasteiger partial charge on any atom is -0.370 e. The number of Topliss-reactive ketones (excluding diaryl/α,β-unsaturated/α-hetero) is 1. The number of anilines is 1. The van der Waals surface area contributed by atoms with Gasteiger partial charge in [-0.25, -0.2) is 0 Å². The Hall–Kier alpha value is -2.46. The maximum atomic E-state index is 12.1. The summed E-state index contributed by atoms with van der Waals surface area (Å²) in [6.45, 7) is 2.21. The SMILES string of the molecule is NC1CCCCN(c2ccc(C3=NCC(=O)c4ccccc43)cc2)C1. The predicted molar refractivity (Wildman–Crippen MR) is 102 cm³/mol. The lowest BCUT2D eigenvalue weighted by Gasteiger charge is -2.25. The van der Waals surface area contributed by atoms with Gasteiger partial charge >= 0.3 is 0 Å². The van der Waals surface area contributed by atoms with E-state index in [0.717, 1.165) is 41.9 Å². The largest absolute Gasteiger partial charge is 0.370 e. The van der Waals surface area contributed by atoms with Crippen molar-refractivity contribution in [3.05, 3.63) is 65.2 Å². The van der Waals surface area contributed by atoms with Gasteiger partial charge in [-0.2, -0.15) is 0 Å². The normalized spacial score (nSPS) is 20.7. The number of carbonyl (C=O) groups is 1. The number of nitrogens with two attached hydrogens (primary N) is 1. The van der Waals surface area contributed by atoms with Crippen LogP contribution in [-0.4, -0.2) is 37.2 Å². The molecule has 0 saturated carbocycles. The average molecular weight is 333 g/mol. The van der Waals surface area contributed by atoms with Crippen LogP contribution in [0, 0.1) is 0 Å². The van der Waals surface area contributed by atoms with Crippen LogP contribution in [0.3, 0.4) is 0 Å². The maximum absolute atomic E-state index is 12.1. The smallest absolute Gasteiger partial charge is 0.184 e. The van der Waals surface area contributed by atoms with Crippen LogP contribution in [0.2, 0.25) is 0 Å². The van der Waals surface area contributed by atoms with Gasteiger partial charge in [0, 0.05) is 41.5 Å². The molecule has 2 aromatic carbocycles. The van der Waals surface area contributed by atoms with Crippen molar-refractivity contribution in [2.45, 2.75) is 25.3 Å². The molecule has 128 valence electrons. The van der Waals surface area contributed by atoms with E-state index in [1.165, 1.54) is 18.5 Å². The molecule has 0 amide bonds. The molecular formula is C21H23N3O. The van der Waals surface area contributed by atoms with Crippen LogP contribution >= 0.6 is 0 Å². The molecule has 0 bridgehead atoms. The van der Waals surface area contributed by atoms with E-state index in [4.69, 9.17) is 5.73 Å². The number of ketones is 1. The summed E-state index contributed by atoms with van der Waals surface area (Å²) in [5.41, 5.74) is 11.1. The van der Waals surface area contributed by atoms with Gasteiger partial charge in [0.1, 0.15) is 6.54 Å². The minimum absolute atomic E-state index is 0.0922.